The van der Waals surface area contributed by atoms with E-state index in [9.17, 15) is 14.4 Å². The maximum absolute atomic E-state index is 12.6. The fraction of sp³-hybridized carbons (Fsp3) is 0.636. The SMILES string of the molecule is CCOC(=O)c1ccc(N2CCCN(C(C)C(=O)NC(=O)NC3CCCC3)CC2)nc1. The lowest BCUT2D eigenvalue weighted by atomic mass is 10.2. The topological polar surface area (TPSA) is 104 Å². The highest BCUT2D eigenvalue weighted by molar-refractivity contribution is 5.96. The quantitative estimate of drug-likeness (QED) is 0.663. The number of nitrogens with one attached hydrogen (secondary N) is 2. The highest BCUT2D eigenvalue weighted by atomic mass is 16.5. The number of imide groups is 1. The molecule has 1 aliphatic heterocycles. The van der Waals surface area contributed by atoms with Gasteiger partial charge in [-0.05, 0) is 45.2 Å². The lowest BCUT2D eigenvalue weighted by Gasteiger charge is -2.27. The van der Waals surface area contributed by atoms with Gasteiger partial charge in [0.1, 0.15) is 5.82 Å². The molecule has 9 nitrogen and oxygen atoms in total. The molecule has 1 unspecified atom stereocenters. The van der Waals surface area contributed by atoms with Gasteiger partial charge in [0.25, 0.3) is 0 Å². The van der Waals surface area contributed by atoms with Crippen molar-refractivity contribution in [2.45, 2.75) is 58.0 Å². The van der Waals surface area contributed by atoms with Gasteiger partial charge in [-0.2, -0.15) is 0 Å². The Labute approximate surface area is 183 Å². The van der Waals surface area contributed by atoms with Crippen LogP contribution in [0.25, 0.3) is 0 Å². The molecule has 0 bridgehead atoms. The van der Waals surface area contributed by atoms with Crippen LogP contribution in [0.15, 0.2) is 18.3 Å². The minimum Gasteiger partial charge on any atom is -0.462 e. The van der Waals surface area contributed by atoms with E-state index in [0.29, 0.717) is 25.3 Å². The largest absolute Gasteiger partial charge is 0.462 e. The average molecular weight is 432 g/mol. The number of carbonyl (C=O) groups excluding carboxylic acids is 3. The van der Waals surface area contributed by atoms with Crippen LogP contribution < -0.4 is 15.5 Å². The van der Waals surface area contributed by atoms with E-state index in [1.54, 1.807) is 13.0 Å². The summed E-state index contributed by atoms with van der Waals surface area (Å²) >= 11 is 0. The fourth-order valence-electron chi connectivity index (χ4n) is 4.14. The third kappa shape index (κ3) is 6.40. The molecule has 2 aliphatic rings. The average Bonchev–Trinajstić information content (AvgIpc) is 3.14. The van der Waals surface area contributed by atoms with E-state index in [2.05, 4.69) is 25.4 Å². The first-order valence-electron chi connectivity index (χ1n) is 11.2. The smallest absolute Gasteiger partial charge is 0.339 e. The molecule has 1 aromatic rings. The van der Waals surface area contributed by atoms with Crippen molar-refractivity contribution >= 4 is 23.7 Å². The zero-order chi connectivity index (χ0) is 22.2. The summed E-state index contributed by atoms with van der Waals surface area (Å²) in [7, 11) is 0. The number of rotatable bonds is 6. The normalized spacial score (nSPS) is 18.8. The maximum atomic E-state index is 12.6. The van der Waals surface area contributed by atoms with Gasteiger partial charge >= 0.3 is 12.0 Å². The standard InChI is InChI=1S/C22H33N5O4/c1-3-31-21(29)17-9-10-19(23-15-17)27-12-6-11-26(13-14-27)16(2)20(28)25-22(30)24-18-7-4-5-8-18/h9-10,15-16,18H,3-8,11-14H2,1-2H3,(H2,24,25,28,30). The third-order valence-corrected chi connectivity index (χ3v) is 5.97. The Morgan fingerprint density at radius 2 is 1.90 bits per heavy atom. The molecule has 1 aliphatic carbocycles. The molecule has 2 N–H and O–H groups in total. The first kappa shape index (κ1) is 23.0. The Morgan fingerprint density at radius 1 is 1.13 bits per heavy atom. The first-order chi connectivity index (χ1) is 15.0. The fourth-order valence-corrected chi connectivity index (χ4v) is 4.14. The van der Waals surface area contributed by atoms with Gasteiger partial charge in [0.15, 0.2) is 0 Å². The van der Waals surface area contributed by atoms with Crippen molar-refractivity contribution in [1.82, 2.24) is 20.5 Å². The molecule has 31 heavy (non-hydrogen) atoms. The summed E-state index contributed by atoms with van der Waals surface area (Å²) in [5.74, 6) is 0.143. The maximum Gasteiger partial charge on any atom is 0.339 e. The predicted molar refractivity (Wildman–Crippen MR) is 117 cm³/mol. The van der Waals surface area contributed by atoms with Crippen molar-refractivity contribution < 1.29 is 19.1 Å². The number of anilines is 1. The van der Waals surface area contributed by atoms with Crippen LogP contribution in [0.2, 0.25) is 0 Å². The second-order valence-electron chi connectivity index (χ2n) is 8.12. The summed E-state index contributed by atoms with van der Waals surface area (Å²) in [6, 6.07) is 2.94. The van der Waals surface area contributed by atoms with Crippen molar-refractivity contribution in [3.8, 4) is 0 Å². The van der Waals surface area contributed by atoms with Gasteiger partial charge in [-0.25, -0.2) is 14.6 Å². The Kier molecular flexibility index (Phi) is 8.22. The van der Waals surface area contributed by atoms with Gasteiger partial charge in [0, 0.05) is 38.4 Å². The van der Waals surface area contributed by atoms with E-state index < -0.39 is 12.1 Å². The molecule has 3 rings (SSSR count). The minimum atomic E-state index is -0.397. The van der Waals surface area contributed by atoms with Crippen LogP contribution in [0.1, 0.15) is 56.3 Å². The zero-order valence-corrected chi connectivity index (χ0v) is 18.4. The van der Waals surface area contributed by atoms with Gasteiger partial charge in [-0.3, -0.25) is 15.0 Å². The highest BCUT2D eigenvalue weighted by Gasteiger charge is 2.26. The summed E-state index contributed by atoms with van der Waals surface area (Å²) < 4.78 is 4.99. The van der Waals surface area contributed by atoms with Crippen molar-refractivity contribution in [2.75, 3.05) is 37.7 Å². The van der Waals surface area contributed by atoms with Crippen LogP contribution in [-0.4, -0.2) is 72.7 Å². The molecule has 0 radical (unpaired) electrons. The summed E-state index contributed by atoms with van der Waals surface area (Å²) in [6.45, 7) is 6.88. The van der Waals surface area contributed by atoms with E-state index in [1.165, 1.54) is 6.20 Å². The Bertz CT molecular complexity index is 764. The number of esters is 1. The summed E-state index contributed by atoms with van der Waals surface area (Å²) in [4.78, 5) is 45.1. The van der Waals surface area contributed by atoms with Crippen molar-refractivity contribution in [3.63, 3.8) is 0 Å². The molecular formula is C22H33N5O4. The van der Waals surface area contributed by atoms with E-state index in [0.717, 1.165) is 51.0 Å². The van der Waals surface area contributed by atoms with Gasteiger partial charge in [0.2, 0.25) is 5.91 Å². The molecule has 2 fully saturated rings. The number of ether oxygens (including phenoxy) is 1. The number of nitrogens with zero attached hydrogens (tertiary/aromatic N) is 3. The molecule has 1 atom stereocenters. The third-order valence-electron chi connectivity index (χ3n) is 5.97. The lowest BCUT2D eigenvalue weighted by Crippen LogP contribution is -2.51. The highest BCUT2D eigenvalue weighted by Crippen LogP contribution is 2.18. The van der Waals surface area contributed by atoms with Crippen molar-refractivity contribution in [2.24, 2.45) is 0 Å². The van der Waals surface area contributed by atoms with Crippen LogP contribution in [0, 0.1) is 0 Å². The van der Waals surface area contributed by atoms with E-state index in [4.69, 9.17) is 4.74 Å². The van der Waals surface area contributed by atoms with Crippen LogP contribution in [0.4, 0.5) is 10.6 Å². The molecule has 0 spiro atoms. The van der Waals surface area contributed by atoms with Crippen molar-refractivity contribution in [3.05, 3.63) is 23.9 Å². The molecule has 1 saturated heterocycles. The first-order valence-corrected chi connectivity index (χ1v) is 11.2. The number of amides is 3. The van der Waals surface area contributed by atoms with Crippen LogP contribution in [0.3, 0.4) is 0 Å². The van der Waals surface area contributed by atoms with Crippen LogP contribution in [-0.2, 0) is 9.53 Å². The van der Waals surface area contributed by atoms with Gasteiger partial charge in [-0.15, -0.1) is 0 Å². The summed E-state index contributed by atoms with van der Waals surface area (Å²) in [5.41, 5.74) is 0.434. The Morgan fingerprint density at radius 3 is 2.58 bits per heavy atom. The monoisotopic (exact) mass is 431 g/mol. The molecule has 0 aromatic carbocycles. The number of urea groups is 1. The van der Waals surface area contributed by atoms with E-state index >= 15 is 0 Å². The molecule has 170 valence electrons. The number of pyridine rings is 1. The molecule has 1 saturated carbocycles. The zero-order valence-electron chi connectivity index (χ0n) is 18.4. The number of hydrogen-bond acceptors (Lipinski definition) is 7. The molecule has 9 heteroatoms. The molecule has 2 heterocycles. The number of hydrogen-bond donors (Lipinski definition) is 2. The Hall–Kier alpha value is -2.68. The van der Waals surface area contributed by atoms with Gasteiger partial charge in [0.05, 0.1) is 18.2 Å². The van der Waals surface area contributed by atoms with E-state index in [-0.39, 0.29) is 17.9 Å². The van der Waals surface area contributed by atoms with Crippen LogP contribution in [0.5, 0.6) is 0 Å². The number of carbonyl (C=O) groups is 3. The van der Waals surface area contributed by atoms with Crippen molar-refractivity contribution in [1.29, 1.82) is 0 Å². The molecule has 1 aromatic heterocycles. The molecule has 3 amide bonds. The predicted octanol–water partition coefficient (Wildman–Crippen LogP) is 1.93. The minimum absolute atomic E-state index is 0.178. The Balaban J connectivity index is 1.49. The van der Waals surface area contributed by atoms with Gasteiger partial charge in [-0.1, -0.05) is 12.8 Å². The second-order valence-corrected chi connectivity index (χ2v) is 8.12. The van der Waals surface area contributed by atoms with Gasteiger partial charge < -0.3 is 15.0 Å². The second kappa shape index (κ2) is 11.1. The summed E-state index contributed by atoms with van der Waals surface area (Å²) in [6.07, 6.45) is 6.62. The summed E-state index contributed by atoms with van der Waals surface area (Å²) in [5, 5.41) is 5.38. The van der Waals surface area contributed by atoms with E-state index in [1.807, 2.05) is 13.0 Å². The molecular weight excluding hydrogens is 398 g/mol. The lowest BCUT2D eigenvalue weighted by molar-refractivity contribution is -0.124. The van der Waals surface area contributed by atoms with Crippen LogP contribution >= 0.6 is 0 Å². The number of aromatic nitrogens is 1.